The van der Waals surface area contributed by atoms with Crippen LogP contribution in [0.25, 0.3) is 0 Å². The average Bonchev–Trinajstić information content (AvgIpc) is 2.75. The average molecular weight is 316 g/mol. The van der Waals surface area contributed by atoms with Gasteiger partial charge in [-0.2, -0.15) is 0 Å². The molecule has 1 atom stereocenters. The van der Waals surface area contributed by atoms with Crippen molar-refractivity contribution in [3.05, 3.63) is 50.4 Å². The standard InChI is InChI=1S/C12H11BrFNOS/c1-16-10-3-2-8(14)5-9(10)12(15)11-4-7(13)6-17-11/h2-6,12H,15H2,1H3. The zero-order valence-electron chi connectivity index (χ0n) is 9.11. The van der Waals surface area contributed by atoms with Gasteiger partial charge in [-0.15, -0.1) is 11.3 Å². The predicted octanol–water partition coefficient (Wildman–Crippen LogP) is 3.71. The Labute approximate surface area is 111 Å². The van der Waals surface area contributed by atoms with Crippen LogP contribution in [0, 0.1) is 5.82 Å². The van der Waals surface area contributed by atoms with Crippen LogP contribution in [0.3, 0.4) is 0 Å². The molecule has 2 aromatic rings. The molecule has 1 aromatic carbocycles. The second-order valence-corrected chi connectivity index (χ2v) is 5.39. The van der Waals surface area contributed by atoms with Crippen LogP contribution in [-0.4, -0.2) is 7.11 Å². The lowest BCUT2D eigenvalue weighted by Gasteiger charge is -2.14. The fraction of sp³-hybridized carbons (Fsp3) is 0.167. The third-order valence-electron chi connectivity index (χ3n) is 2.42. The summed E-state index contributed by atoms with van der Waals surface area (Å²) in [6.45, 7) is 0. The van der Waals surface area contributed by atoms with Crippen LogP contribution in [0.15, 0.2) is 34.1 Å². The zero-order chi connectivity index (χ0) is 12.4. The fourth-order valence-corrected chi connectivity index (χ4v) is 3.06. The molecule has 1 unspecified atom stereocenters. The Morgan fingerprint density at radius 1 is 1.41 bits per heavy atom. The number of thiophene rings is 1. The fourth-order valence-electron chi connectivity index (χ4n) is 1.59. The van der Waals surface area contributed by atoms with Gasteiger partial charge in [0.2, 0.25) is 0 Å². The summed E-state index contributed by atoms with van der Waals surface area (Å²) >= 11 is 4.90. The van der Waals surface area contributed by atoms with Crippen LogP contribution in [0.5, 0.6) is 5.75 Å². The second kappa shape index (κ2) is 5.16. The van der Waals surface area contributed by atoms with Crippen molar-refractivity contribution in [1.82, 2.24) is 0 Å². The van der Waals surface area contributed by atoms with Gasteiger partial charge >= 0.3 is 0 Å². The number of ether oxygens (including phenoxy) is 1. The molecule has 0 saturated heterocycles. The van der Waals surface area contributed by atoms with Crippen LogP contribution >= 0.6 is 27.3 Å². The maximum absolute atomic E-state index is 13.2. The Bertz CT molecular complexity index is 529. The van der Waals surface area contributed by atoms with Crippen molar-refractivity contribution in [1.29, 1.82) is 0 Å². The second-order valence-electron chi connectivity index (χ2n) is 3.53. The summed E-state index contributed by atoms with van der Waals surface area (Å²) in [6.07, 6.45) is 0. The maximum Gasteiger partial charge on any atom is 0.124 e. The van der Waals surface area contributed by atoms with Gasteiger partial charge in [-0.05, 0) is 40.2 Å². The van der Waals surface area contributed by atoms with Gasteiger partial charge in [0.05, 0.1) is 13.2 Å². The summed E-state index contributed by atoms with van der Waals surface area (Å²) in [6, 6.07) is 5.92. The minimum atomic E-state index is -0.378. The first kappa shape index (κ1) is 12.5. The molecular weight excluding hydrogens is 305 g/mol. The van der Waals surface area contributed by atoms with Crippen molar-refractivity contribution in [2.24, 2.45) is 5.73 Å². The molecular formula is C12H11BrFNOS. The van der Waals surface area contributed by atoms with Crippen molar-refractivity contribution < 1.29 is 9.13 Å². The summed E-state index contributed by atoms with van der Waals surface area (Å²) in [5, 5.41) is 1.95. The Balaban J connectivity index is 2.42. The molecule has 5 heteroatoms. The monoisotopic (exact) mass is 315 g/mol. The molecule has 0 saturated carbocycles. The number of nitrogens with two attached hydrogens (primary N) is 1. The summed E-state index contributed by atoms with van der Waals surface area (Å²) in [4.78, 5) is 0.959. The van der Waals surface area contributed by atoms with Gasteiger partial charge in [-0.1, -0.05) is 0 Å². The summed E-state index contributed by atoms with van der Waals surface area (Å²) in [5.41, 5.74) is 6.77. The first-order valence-electron chi connectivity index (χ1n) is 4.94. The van der Waals surface area contributed by atoms with E-state index in [4.69, 9.17) is 10.5 Å². The highest BCUT2D eigenvalue weighted by molar-refractivity contribution is 9.10. The highest BCUT2D eigenvalue weighted by atomic mass is 79.9. The van der Waals surface area contributed by atoms with Gasteiger partial charge in [0.25, 0.3) is 0 Å². The molecule has 0 radical (unpaired) electrons. The Hall–Kier alpha value is -0.910. The number of halogens is 2. The molecule has 0 aliphatic heterocycles. The molecule has 1 heterocycles. The van der Waals surface area contributed by atoms with Crippen molar-refractivity contribution in [2.45, 2.75) is 6.04 Å². The van der Waals surface area contributed by atoms with E-state index in [1.54, 1.807) is 13.2 Å². The SMILES string of the molecule is COc1ccc(F)cc1C(N)c1cc(Br)cs1. The van der Waals surface area contributed by atoms with Crippen LogP contribution in [0.1, 0.15) is 16.5 Å². The van der Waals surface area contributed by atoms with E-state index in [9.17, 15) is 4.39 Å². The highest BCUT2D eigenvalue weighted by Crippen LogP contribution is 2.33. The van der Waals surface area contributed by atoms with E-state index in [1.165, 1.54) is 23.5 Å². The van der Waals surface area contributed by atoms with Crippen molar-refractivity contribution >= 4 is 27.3 Å². The number of methoxy groups -OCH3 is 1. The topological polar surface area (TPSA) is 35.2 Å². The molecule has 0 bridgehead atoms. The first-order chi connectivity index (χ1) is 8.11. The molecule has 17 heavy (non-hydrogen) atoms. The molecule has 0 amide bonds. The molecule has 90 valence electrons. The van der Waals surface area contributed by atoms with Gasteiger partial charge in [-0.3, -0.25) is 0 Å². The van der Waals surface area contributed by atoms with E-state index in [-0.39, 0.29) is 11.9 Å². The smallest absolute Gasteiger partial charge is 0.124 e. The van der Waals surface area contributed by atoms with E-state index in [2.05, 4.69) is 15.9 Å². The maximum atomic E-state index is 13.2. The molecule has 0 aliphatic carbocycles. The highest BCUT2D eigenvalue weighted by Gasteiger charge is 2.16. The van der Waals surface area contributed by atoms with Crippen LogP contribution < -0.4 is 10.5 Å². The largest absolute Gasteiger partial charge is 0.496 e. The third-order valence-corrected chi connectivity index (χ3v) is 4.20. The lowest BCUT2D eigenvalue weighted by Crippen LogP contribution is -2.12. The number of hydrogen-bond donors (Lipinski definition) is 1. The first-order valence-corrected chi connectivity index (χ1v) is 6.62. The van der Waals surface area contributed by atoms with E-state index in [0.29, 0.717) is 11.3 Å². The number of hydrogen-bond acceptors (Lipinski definition) is 3. The molecule has 2 N–H and O–H groups in total. The Kier molecular flexibility index (Phi) is 3.81. The summed E-state index contributed by atoms with van der Waals surface area (Å²) in [5.74, 6) is 0.287. The lowest BCUT2D eigenvalue weighted by atomic mass is 10.0. The number of rotatable bonds is 3. The van der Waals surface area contributed by atoms with E-state index in [1.807, 2.05) is 11.4 Å². The summed E-state index contributed by atoms with van der Waals surface area (Å²) in [7, 11) is 1.55. The van der Waals surface area contributed by atoms with E-state index >= 15 is 0 Å². The molecule has 0 fully saturated rings. The molecule has 0 aliphatic rings. The third kappa shape index (κ3) is 2.68. The van der Waals surface area contributed by atoms with Gasteiger partial charge in [-0.25, -0.2) is 4.39 Å². The van der Waals surface area contributed by atoms with Crippen molar-refractivity contribution in [3.63, 3.8) is 0 Å². The van der Waals surface area contributed by atoms with Gasteiger partial charge in [0.15, 0.2) is 0 Å². The van der Waals surface area contributed by atoms with Crippen LogP contribution in [-0.2, 0) is 0 Å². The minimum absolute atomic E-state index is 0.313. The Morgan fingerprint density at radius 2 is 2.18 bits per heavy atom. The van der Waals surface area contributed by atoms with Crippen LogP contribution in [0.2, 0.25) is 0 Å². The normalized spacial score (nSPS) is 12.5. The van der Waals surface area contributed by atoms with Crippen molar-refractivity contribution in [3.8, 4) is 5.75 Å². The van der Waals surface area contributed by atoms with Gasteiger partial charge < -0.3 is 10.5 Å². The quantitative estimate of drug-likeness (QED) is 0.937. The molecule has 2 nitrogen and oxygen atoms in total. The minimum Gasteiger partial charge on any atom is -0.496 e. The van der Waals surface area contributed by atoms with Crippen LogP contribution in [0.4, 0.5) is 4.39 Å². The van der Waals surface area contributed by atoms with Crippen molar-refractivity contribution in [2.75, 3.05) is 7.11 Å². The molecule has 0 spiro atoms. The van der Waals surface area contributed by atoms with E-state index < -0.39 is 0 Å². The summed E-state index contributed by atoms with van der Waals surface area (Å²) < 4.78 is 19.4. The van der Waals surface area contributed by atoms with Gasteiger partial charge in [0.1, 0.15) is 11.6 Å². The van der Waals surface area contributed by atoms with Gasteiger partial charge in [0, 0.05) is 20.3 Å². The predicted molar refractivity (Wildman–Crippen MR) is 71.0 cm³/mol. The number of benzene rings is 1. The Morgan fingerprint density at radius 3 is 2.76 bits per heavy atom. The van der Waals surface area contributed by atoms with E-state index in [0.717, 1.165) is 9.35 Å². The molecule has 1 aromatic heterocycles. The zero-order valence-corrected chi connectivity index (χ0v) is 11.5. The lowest BCUT2D eigenvalue weighted by molar-refractivity contribution is 0.406. The molecule has 2 rings (SSSR count).